The van der Waals surface area contributed by atoms with Crippen LogP contribution in [0.3, 0.4) is 0 Å². The van der Waals surface area contributed by atoms with Crippen LogP contribution in [-0.4, -0.2) is 46.0 Å². The van der Waals surface area contributed by atoms with Crippen LogP contribution in [0.5, 0.6) is 0 Å². The summed E-state index contributed by atoms with van der Waals surface area (Å²) in [4.78, 5) is 30.4. The minimum absolute atomic E-state index is 0.0368. The van der Waals surface area contributed by atoms with E-state index in [0.29, 0.717) is 26.1 Å². The minimum Gasteiger partial charge on any atom is -0.354 e. The molecule has 0 radical (unpaired) electrons. The van der Waals surface area contributed by atoms with Crippen molar-refractivity contribution in [2.24, 2.45) is 0 Å². The van der Waals surface area contributed by atoms with Gasteiger partial charge in [-0.2, -0.15) is 0 Å². The Balaban J connectivity index is 1.31. The quantitative estimate of drug-likeness (QED) is 0.469. The summed E-state index contributed by atoms with van der Waals surface area (Å²) in [5.41, 5.74) is 5.24. The van der Waals surface area contributed by atoms with Crippen molar-refractivity contribution >= 4 is 28.4 Å². The molecule has 0 saturated carbocycles. The highest BCUT2D eigenvalue weighted by atomic mass is 16.2. The van der Waals surface area contributed by atoms with Gasteiger partial charge in [0.1, 0.15) is 6.17 Å². The molecule has 0 aliphatic carbocycles. The number of hydrogen-bond donors (Lipinski definition) is 1. The standard InChI is InChI=1S/C28H29N5O2/c1-30-23-10-4-3-9-22(23)28(35)33-17-12-21-20-8-2-5-11-24(20)32(26(21)27(30)33)18-13-25(34)29-14-19-31-15-6-7-16-31/h2-11,15-16,27H,12-14,17-19H2,1H3,(H,29,34). The normalized spacial score (nSPS) is 16.7. The monoisotopic (exact) mass is 467 g/mol. The van der Waals surface area contributed by atoms with E-state index in [2.05, 4.69) is 44.6 Å². The molecule has 2 aliphatic heterocycles. The number of aryl methyl sites for hydroxylation is 1. The molecule has 6 rings (SSSR count). The van der Waals surface area contributed by atoms with Gasteiger partial charge in [-0.05, 0) is 42.3 Å². The number of nitrogens with one attached hydrogen (secondary N) is 1. The van der Waals surface area contributed by atoms with E-state index in [1.807, 2.05) is 59.8 Å². The zero-order valence-corrected chi connectivity index (χ0v) is 19.9. The predicted molar refractivity (Wildman–Crippen MR) is 136 cm³/mol. The fourth-order valence-corrected chi connectivity index (χ4v) is 5.69. The molecule has 1 N–H and O–H groups in total. The Kier molecular flexibility index (Phi) is 5.32. The smallest absolute Gasteiger partial charge is 0.257 e. The number of hydrogen-bond acceptors (Lipinski definition) is 3. The lowest BCUT2D eigenvalue weighted by Gasteiger charge is -2.46. The zero-order valence-electron chi connectivity index (χ0n) is 19.9. The lowest BCUT2D eigenvalue weighted by atomic mass is 9.96. The molecule has 2 aromatic heterocycles. The van der Waals surface area contributed by atoms with Crippen molar-refractivity contribution in [1.82, 2.24) is 19.4 Å². The molecule has 0 fully saturated rings. The fourth-order valence-electron chi connectivity index (χ4n) is 5.69. The number of rotatable bonds is 6. The number of amides is 2. The second kappa shape index (κ2) is 8.65. The highest BCUT2D eigenvalue weighted by Gasteiger charge is 2.42. The van der Waals surface area contributed by atoms with Crippen molar-refractivity contribution in [3.63, 3.8) is 0 Å². The van der Waals surface area contributed by atoms with E-state index >= 15 is 0 Å². The van der Waals surface area contributed by atoms with E-state index < -0.39 is 0 Å². The molecule has 2 amide bonds. The van der Waals surface area contributed by atoms with E-state index in [-0.39, 0.29) is 18.0 Å². The Morgan fingerprint density at radius 3 is 2.63 bits per heavy atom. The summed E-state index contributed by atoms with van der Waals surface area (Å²) >= 11 is 0. The van der Waals surface area contributed by atoms with Crippen molar-refractivity contribution in [2.45, 2.75) is 32.1 Å². The van der Waals surface area contributed by atoms with Crippen LogP contribution in [0, 0.1) is 0 Å². The highest BCUT2D eigenvalue weighted by molar-refractivity contribution is 6.02. The lowest BCUT2D eigenvalue weighted by molar-refractivity contribution is -0.121. The van der Waals surface area contributed by atoms with Gasteiger partial charge >= 0.3 is 0 Å². The minimum atomic E-state index is -0.189. The molecule has 4 aromatic rings. The molecule has 0 spiro atoms. The molecule has 0 bridgehead atoms. The number of anilines is 1. The van der Waals surface area contributed by atoms with E-state index in [0.717, 1.165) is 35.4 Å². The average Bonchev–Trinajstić information content (AvgIpc) is 3.52. The topological polar surface area (TPSA) is 62.5 Å². The highest BCUT2D eigenvalue weighted by Crippen LogP contribution is 2.44. The third-order valence-corrected chi connectivity index (χ3v) is 7.33. The second-order valence-electron chi connectivity index (χ2n) is 9.30. The number of nitrogens with zero attached hydrogens (tertiary/aromatic N) is 4. The number of para-hydroxylation sites is 2. The molecular weight excluding hydrogens is 438 g/mol. The third-order valence-electron chi connectivity index (χ3n) is 7.33. The SMILES string of the molecule is CN1c2ccccc2C(=O)N2CCc3c(n(CCC(=O)NCCn4cccc4)c4ccccc34)C21. The van der Waals surface area contributed by atoms with Gasteiger partial charge in [0, 0.05) is 62.9 Å². The Bertz CT molecular complexity index is 1400. The molecule has 1 unspecified atom stereocenters. The molecular formula is C28H29N5O2. The number of aromatic nitrogens is 2. The van der Waals surface area contributed by atoms with Gasteiger partial charge in [-0.25, -0.2) is 0 Å². The molecule has 0 saturated heterocycles. The Morgan fingerprint density at radius 1 is 1.00 bits per heavy atom. The Labute approximate surface area is 204 Å². The van der Waals surface area contributed by atoms with E-state index in [4.69, 9.17) is 0 Å². The van der Waals surface area contributed by atoms with Gasteiger partial charge in [0.05, 0.1) is 16.9 Å². The molecule has 4 heterocycles. The number of fused-ring (bicyclic) bond motifs is 6. The van der Waals surface area contributed by atoms with Gasteiger partial charge < -0.3 is 24.3 Å². The first-order valence-electron chi connectivity index (χ1n) is 12.2. The van der Waals surface area contributed by atoms with E-state index in [1.54, 1.807) is 0 Å². The fraction of sp³-hybridized carbons (Fsp3) is 0.286. The Hall–Kier alpha value is -4.00. The molecule has 1 atom stereocenters. The van der Waals surface area contributed by atoms with Crippen LogP contribution < -0.4 is 10.2 Å². The maximum absolute atomic E-state index is 13.4. The van der Waals surface area contributed by atoms with Crippen molar-refractivity contribution < 1.29 is 9.59 Å². The van der Waals surface area contributed by atoms with Gasteiger partial charge in [-0.3, -0.25) is 9.59 Å². The van der Waals surface area contributed by atoms with E-state index in [1.165, 1.54) is 10.9 Å². The van der Waals surface area contributed by atoms with Crippen LogP contribution in [0.25, 0.3) is 10.9 Å². The summed E-state index contributed by atoms with van der Waals surface area (Å²) in [6.45, 7) is 2.61. The maximum atomic E-state index is 13.4. The summed E-state index contributed by atoms with van der Waals surface area (Å²) in [7, 11) is 2.06. The van der Waals surface area contributed by atoms with Gasteiger partial charge in [0.2, 0.25) is 5.91 Å². The van der Waals surface area contributed by atoms with Crippen molar-refractivity contribution in [2.75, 3.05) is 25.0 Å². The second-order valence-corrected chi connectivity index (χ2v) is 9.30. The largest absolute Gasteiger partial charge is 0.354 e. The number of carbonyl (C=O) groups excluding carboxylic acids is 2. The van der Waals surface area contributed by atoms with Crippen molar-refractivity contribution in [1.29, 1.82) is 0 Å². The van der Waals surface area contributed by atoms with Gasteiger partial charge in [0.25, 0.3) is 5.91 Å². The number of carbonyl (C=O) groups is 2. The molecule has 178 valence electrons. The van der Waals surface area contributed by atoms with Crippen LogP contribution >= 0.6 is 0 Å². The van der Waals surface area contributed by atoms with Crippen LogP contribution in [0.4, 0.5) is 5.69 Å². The lowest BCUT2D eigenvalue weighted by Crippen LogP contribution is -2.51. The molecule has 2 aromatic carbocycles. The van der Waals surface area contributed by atoms with Gasteiger partial charge in [0.15, 0.2) is 0 Å². The summed E-state index contributed by atoms with van der Waals surface area (Å²) < 4.78 is 4.32. The predicted octanol–water partition coefficient (Wildman–Crippen LogP) is 3.80. The first-order valence-corrected chi connectivity index (χ1v) is 12.2. The van der Waals surface area contributed by atoms with Crippen molar-refractivity contribution in [3.8, 4) is 0 Å². The first kappa shape index (κ1) is 21.5. The summed E-state index contributed by atoms with van der Waals surface area (Å²) in [5, 5.41) is 4.27. The average molecular weight is 468 g/mol. The Morgan fingerprint density at radius 2 is 1.77 bits per heavy atom. The molecule has 7 nitrogen and oxygen atoms in total. The summed E-state index contributed by atoms with van der Waals surface area (Å²) in [6, 6.07) is 20.2. The molecule has 35 heavy (non-hydrogen) atoms. The molecule has 2 aliphatic rings. The summed E-state index contributed by atoms with van der Waals surface area (Å²) in [5.74, 6) is 0.115. The zero-order chi connectivity index (χ0) is 23.9. The summed E-state index contributed by atoms with van der Waals surface area (Å²) in [6.07, 6.45) is 5.00. The van der Waals surface area contributed by atoms with Gasteiger partial charge in [-0.15, -0.1) is 0 Å². The maximum Gasteiger partial charge on any atom is 0.257 e. The van der Waals surface area contributed by atoms with Crippen LogP contribution in [0.15, 0.2) is 73.1 Å². The van der Waals surface area contributed by atoms with Crippen LogP contribution in [0.1, 0.15) is 34.2 Å². The van der Waals surface area contributed by atoms with Crippen LogP contribution in [0.2, 0.25) is 0 Å². The van der Waals surface area contributed by atoms with Gasteiger partial charge in [-0.1, -0.05) is 30.3 Å². The van der Waals surface area contributed by atoms with E-state index in [9.17, 15) is 9.59 Å². The van der Waals surface area contributed by atoms with Crippen molar-refractivity contribution in [3.05, 3.63) is 89.9 Å². The first-order chi connectivity index (χ1) is 17.1. The van der Waals surface area contributed by atoms with Crippen LogP contribution in [-0.2, 0) is 24.3 Å². The molecule has 7 heteroatoms. The third kappa shape index (κ3) is 3.58. The number of benzene rings is 2.